The molecular weight excluding hydrogens is 357 g/mol. The van der Waals surface area contributed by atoms with Crippen molar-refractivity contribution in [2.45, 2.75) is 0 Å². The Balaban J connectivity index is 2.10. The third-order valence-corrected chi connectivity index (χ3v) is 3.02. The van der Waals surface area contributed by atoms with Crippen LogP contribution in [0.25, 0.3) is 0 Å². The van der Waals surface area contributed by atoms with E-state index in [2.05, 4.69) is 32.8 Å². The number of carbonyl (C=O) groups excluding carboxylic acids is 1. The fraction of sp³-hybridized carbons (Fsp3) is 0.154. The molecule has 0 saturated heterocycles. The molecule has 0 N–H and O–H groups in total. The highest BCUT2D eigenvalue weighted by Gasteiger charge is 2.10. The summed E-state index contributed by atoms with van der Waals surface area (Å²) in [4.78, 5) is 13.1. The summed E-state index contributed by atoms with van der Waals surface area (Å²) in [5, 5.41) is 7.72. The molecule has 0 spiro atoms. The Bertz CT molecular complexity index is 567. The summed E-state index contributed by atoms with van der Waals surface area (Å²) in [6.07, 6.45) is 0. The number of nitrogens with zero attached hydrogens (tertiary/aromatic N) is 3. The first-order valence-corrected chi connectivity index (χ1v) is 6.63. The van der Waals surface area contributed by atoms with Gasteiger partial charge in [-0.05, 0) is 52.9 Å². The van der Waals surface area contributed by atoms with Crippen LogP contribution < -0.4 is 4.74 Å². The van der Waals surface area contributed by atoms with Crippen LogP contribution in [0.2, 0.25) is 0 Å². The lowest BCUT2D eigenvalue weighted by Gasteiger charge is -2.09. The molecule has 1 aromatic heterocycles. The van der Waals surface area contributed by atoms with E-state index < -0.39 is 0 Å². The summed E-state index contributed by atoms with van der Waals surface area (Å²) in [6, 6.07) is 10.8. The highest BCUT2D eigenvalue weighted by Crippen LogP contribution is 2.19. The van der Waals surface area contributed by atoms with Gasteiger partial charge in [0.05, 0.1) is 0 Å². The van der Waals surface area contributed by atoms with Gasteiger partial charge in [0, 0.05) is 23.7 Å². The molecular formula is C13H12IN3O2. The summed E-state index contributed by atoms with van der Waals surface area (Å²) in [5.41, 5.74) is 0.292. The molecule has 0 saturated carbocycles. The van der Waals surface area contributed by atoms with Gasteiger partial charge in [0.2, 0.25) is 5.88 Å². The molecule has 1 aromatic carbocycles. The minimum atomic E-state index is -0.187. The van der Waals surface area contributed by atoms with Crippen LogP contribution in [-0.4, -0.2) is 35.1 Å². The summed E-state index contributed by atoms with van der Waals surface area (Å²) in [7, 11) is 3.33. The van der Waals surface area contributed by atoms with Crippen LogP contribution >= 0.6 is 22.6 Å². The molecule has 2 aromatic rings. The van der Waals surface area contributed by atoms with Crippen LogP contribution in [0.1, 0.15) is 10.5 Å². The molecule has 98 valence electrons. The van der Waals surface area contributed by atoms with Crippen molar-refractivity contribution >= 4 is 28.5 Å². The van der Waals surface area contributed by atoms with Crippen LogP contribution in [0.15, 0.2) is 36.4 Å². The number of hydrogen-bond acceptors (Lipinski definition) is 4. The molecule has 1 heterocycles. The number of amides is 1. The zero-order valence-electron chi connectivity index (χ0n) is 10.5. The molecule has 0 aliphatic carbocycles. The fourth-order valence-corrected chi connectivity index (χ4v) is 1.70. The highest BCUT2D eigenvalue weighted by atomic mass is 127. The Morgan fingerprint density at radius 2 is 1.79 bits per heavy atom. The van der Waals surface area contributed by atoms with Gasteiger partial charge in [-0.25, -0.2) is 0 Å². The molecule has 0 aliphatic heterocycles. The summed E-state index contributed by atoms with van der Waals surface area (Å²) in [5.74, 6) is 0.853. The second kappa shape index (κ2) is 5.96. The van der Waals surface area contributed by atoms with Crippen molar-refractivity contribution in [3.63, 3.8) is 0 Å². The molecule has 0 atom stereocenters. The number of benzene rings is 1. The standard InChI is InChI=1S/C13H12IN3O2/c1-17(2)13(18)11-7-8-12(16-15-11)19-10-5-3-9(14)4-6-10/h3-8H,1-2H3. The van der Waals surface area contributed by atoms with Crippen molar-refractivity contribution in [2.24, 2.45) is 0 Å². The van der Waals surface area contributed by atoms with Crippen LogP contribution in [0.5, 0.6) is 11.6 Å². The van der Waals surface area contributed by atoms with E-state index in [1.165, 1.54) is 4.90 Å². The number of carbonyl (C=O) groups is 1. The van der Waals surface area contributed by atoms with E-state index in [1.54, 1.807) is 26.2 Å². The Labute approximate surface area is 124 Å². The average molecular weight is 369 g/mol. The van der Waals surface area contributed by atoms with E-state index in [9.17, 15) is 4.79 Å². The van der Waals surface area contributed by atoms with Crippen molar-refractivity contribution in [3.05, 3.63) is 45.7 Å². The number of aromatic nitrogens is 2. The van der Waals surface area contributed by atoms with Crippen molar-refractivity contribution in [3.8, 4) is 11.6 Å². The van der Waals surface area contributed by atoms with Crippen LogP contribution in [0, 0.1) is 3.57 Å². The van der Waals surface area contributed by atoms with Crippen LogP contribution in [0.3, 0.4) is 0 Å². The maximum atomic E-state index is 11.6. The largest absolute Gasteiger partial charge is 0.438 e. The third kappa shape index (κ3) is 3.63. The summed E-state index contributed by atoms with van der Waals surface area (Å²) < 4.78 is 6.65. The lowest BCUT2D eigenvalue weighted by Crippen LogP contribution is -2.23. The minimum absolute atomic E-state index is 0.187. The van der Waals surface area contributed by atoms with Gasteiger partial charge >= 0.3 is 0 Å². The first-order valence-electron chi connectivity index (χ1n) is 5.55. The molecule has 5 nitrogen and oxygen atoms in total. The Morgan fingerprint density at radius 3 is 2.32 bits per heavy atom. The van der Waals surface area contributed by atoms with Crippen LogP contribution in [-0.2, 0) is 0 Å². The van der Waals surface area contributed by atoms with Gasteiger partial charge in [-0.1, -0.05) is 0 Å². The second-order valence-corrected chi connectivity index (χ2v) is 5.26. The van der Waals surface area contributed by atoms with E-state index >= 15 is 0 Å². The maximum absolute atomic E-state index is 11.6. The normalized spacial score (nSPS) is 10.1. The van der Waals surface area contributed by atoms with Crippen molar-refractivity contribution in [1.29, 1.82) is 0 Å². The van der Waals surface area contributed by atoms with Crippen LogP contribution in [0.4, 0.5) is 0 Å². The predicted octanol–water partition coefficient (Wildman–Crippen LogP) is 2.58. The van der Waals surface area contributed by atoms with E-state index in [0.717, 1.165) is 3.57 Å². The number of hydrogen-bond donors (Lipinski definition) is 0. The van der Waals surface area contributed by atoms with Gasteiger partial charge in [0.25, 0.3) is 5.91 Å². The first-order chi connectivity index (χ1) is 9.06. The third-order valence-electron chi connectivity index (χ3n) is 2.30. The van der Waals surface area contributed by atoms with E-state index in [-0.39, 0.29) is 5.91 Å². The quantitative estimate of drug-likeness (QED) is 0.781. The molecule has 0 bridgehead atoms. The Morgan fingerprint density at radius 1 is 1.11 bits per heavy atom. The molecule has 0 fully saturated rings. The van der Waals surface area contributed by atoms with E-state index in [4.69, 9.17) is 4.74 Å². The number of halogens is 1. The van der Waals surface area contributed by atoms with E-state index in [0.29, 0.717) is 17.3 Å². The highest BCUT2D eigenvalue weighted by molar-refractivity contribution is 14.1. The molecule has 0 radical (unpaired) electrons. The number of rotatable bonds is 3. The summed E-state index contributed by atoms with van der Waals surface area (Å²) in [6.45, 7) is 0. The molecule has 0 unspecified atom stereocenters. The molecule has 1 amide bonds. The molecule has 2 rings (SSSR count). The zero-order valence-corrected chi connectivity index (χ0v) is 12.7. The fourth-order valence-electron chi connectivity index (χ4n) is 1.34. The van der Waals surface area contributed by atoms with Gasteiger partial charge in [0.15, 0.2) is 5.69 Å². The average Bonchev–Trinajstić information content (AvgIpc) is 2.41. The minimum Gasteiger partial charge on any atom is -0.438 e. The second-order valence-electron chi connectivity index (χ2n) is 4.01. The predicted molar refractivity (Wildman–Crippen MR) is 79.3 cm³/mol. The maximum Gasteiger partial charge on any atom is 0.273 e. The lowest BCUT2D eigenvalue weighted by atomic mass is 10.3. The zero-order chi connectivity index (χ0) is 13.8. The summed E-state index contributed by atoms with van der Waals surface area (Å²) >= 11 is 2.22. The Hall–Kier alpha value is -1.70. The molecule has 6 heteroatoms. The SMILES string of the molecule is CN(C)C(=O)c1ccc(Oc2ccc(I)cc2)nn1. The van der Waals surface area contributed by atoms with Gasteiger partial charge < -0.3 is 9.64 Å². The first kappa shape index (κ1) is 13.7. The smallest absolute Gasteiger partial charge is 0.273 e. The van der Waals surface area contributed by atoms with Gasteiger partial charge in [-0.2, -0.15) is 0 Å². The molecule has 0 aliphatic rings. The lowest BCUT2D eigenvalue weighted by molar-refractivity contribution is 0.0820. The van der Waals surface area contributed by atoms with Crippen molar-refractivity contribution in [1.82, 2.24) is 15.1 Å². The Kier molecular flexibility index (Phi) is 4.31. The monoisotopic (exact) mass is 369 g/mol. The van der Waals surface area contributed by atoms with Gasteiger partial charge in [0.1, 0.15) is 5.75 Å². The van der Waals surface area contributed by atoms with Gasteiger partial charge in [-0.3, -0.25) is 4.79 Å². The topological polar surface area (TPSA) is 55.3 Å². The molecule has 19 heavy (non-hydrogen) atoms. The van der Waals surface area contributed by atoms with Crippen molar-refractivity contribution in [2.75, 3.05) is 14.1 Å². The number of ether oxygens (including phenoxy) is 1. The van der Waals surface area contributed by atoms with Crippen molar-refractivity contribution < 1.29 is 9.53 Å². The van der Waals surface area contributed by atoms with Gasteiger partial charge in [-0.15, -0.1) is 10.2 Å². The van der Waals surface area contributed by atoms with E-state index in [1.807, 2.05) is 24.3 Å².